The van der Waals surface area contributed by atoms with Gasteiger partial charge in [0.1, 0.15) is 0 Å². The standard InChI is InChI=1S/C15H24N2O3/c1-10(2)14(18)16-13-9-12(17-20-13)15(3,4)11-5-7-19-8-6-11/h9-11H,5-8H2,1-4H3,(H,16,18). The summed E-state index contributed by atoms with van der Waals surface area (Å²) in [6.45, 7) is 9.66. The van der Waals surface area contributed by atoms with Crippen LogP contribution in [0.4, 0.5) is 5.88 Å². The molecule has 2 heterocycles. The van der Waals surface area contributed by atoms with Gasteiger partial charge in [0.2, 0.25) is 11.8 Å². The molecule has 0 unspecified atom stereocenters. The highest BCUT2D eigenvalue weighted by molar-refractivity contribution is 5.90. The molecule has 0 atom stereocenters. The summed E-state index contributed by atoms with van der Waals surface area (Å²) in [6, 6.07) is 1.84. The van der Waals surface area contributed by atoms with Crippen LogP contribution in [0.5, 0.6) is 0 Å². The third-order valence-electron chi connectivity index (χ3n) is 4.18. The lowest BCUT2D eigenvalue weighted by Gasteiger charge is -2.35. The normalized spacial score (nSPS) is 17.4. The van der Waals surface area contributed by atoms with Gasteiger partial charge < -0.3 is 9.26 Å². The molecule has 0 radical (unpaired) electrons. The quantitative estimate of drug-likeness (QED) is 0.921. The molecule has 1 amide bonds. The number of hydrogen-bond donors (Lipinski definition) is 1. The second-order valence-corrected chi connectivity index (χ2v) is 6.33. The van der Waals surface area contributed by atoms with Gasteiger partial charge in [0, 0.05) is 30.6 Å². The molecule has 1 fully saturated rings. The van der Waals surface area contributed by atoms with Crippen LogP contribution in [0.1, 0.15) is 46.2 Å². The second-order valence-electron chi connectivity index (χ2n) is 6.33. The number of nitrogens with zero attached hydrogens (tertiary/aromatic N) is 1. The molecule has 1 aromatic rings. The first-order valence-electron chi connectivity index (χ1n) is 7.27. The lowest BCUT2D eigenvalue weighted by Crippen LogP contribution is -2.33. The van der Waals surface area contributed by atoms with Crippen LogP contribution in [-0.2, 0) is 14.9 Å². The Kier molecular flexibility index (Phi) is 4.48. The summed E-state index contributed by atoms with van der Waals surface area (Å²) in [7, 11) is 0. The Balaban J connectivity index is 2.08. The first-order valence-corrected chi connectivity index (χ1v) is 7.27. The zero-order valence-electron chi connectivity index (χ0n) is 12.7. The molecule has 112 valence electrons. The van der Waals surface area contributed by atoms with Gasteiger partial charge >= 0.3 is 0 Å². The second kappa shape index (κ2) is 5.95. The van der Waals surface area contributed by atoms with Gasteiger partial charge in [0.15, 0.2) is 0 Å². The van der Waals surface area contributed by atoms with E-state index in [9.17, 15) is 4.79 Å². The molecule has 1 aliphatic heterocycles. The fourth-order valence-electron chi connectivity index (χ4n) is 2.53. The van der Waals surface area contributed by atoms with Gasteiger partial charge in [-0.3, -0.25) is 10.1 Å². The van der Waals surface area contributed by atoms with E-state index < -0.39 is 0 Å². The average Bonchev–Trinajstić information content (AvgIpc) is 2.89. The van der Waals surface area contributed by atoms with Crippen molar-refractivity contribution in [2.24, 2.45) is 11.8 Å². The molecule has 0 bridgehead atoms. The van der Waals surface area contributed by atoms with Crippen molar-refractivity contribution in [2.75, 3.05) is 18.5 Å². The van der Waals surface area contributed by atoms with Crippen molar-refractivity contribution in [3.8, 4) is 0 Å². The van der Waals surface area contributed by atoms with E-state index in [1.165, 1.54) is 0 Å². The smallest absolute Gasteiger partial charge is 0.231 e. The predicted molar refractivity (Wildman–Crippen MR) is 76.5 cm³/mol. The minimum Gasteiger partial charge on any atom is -0.381 e. The Morgan fingerprint density at radius 2 is 2.05 bits per heavy atom. The van der Waals surface area contributed by atoms with Crippen LogP contribution in [0.15, 0.2) is 10.6 Å². The molecule has 0 aliphatic carbocycles. The highest BCUT2D eigenvalue weighted by atomic mass is 16.5. The van der Waals surface area contributed by atoms with E-state index >= 15 is 0 Å². The summed E-state index contributed by atoms with van der Waals surface area (Å²) >= 11 is 0. The Morgan fingerprint density at radius 3 is 2.65 bits per heavy atom. The molecule has 0 aromatic carbocycles. The van der Waals surface area contributed by atoms with Gasteiger partial charge in [-0.15, -0.1) is 0 Å². The largest absolute Gasteiger partial charge is 0.381 e. The van der Waals surface area contributed by atoms with E-state index in [1.807, 2.05) is 19.9 Å². The Morgan fingerprint density at radius 1 is 1.40 bits per heavy atom. The topological polar surface area (TPSA) is 64.4 Å². The van der Waals surface area contributed by atoms with Gasteiger partial charge in [0.25, 0.3) is 0 Å². The molecule has 0 spiro atoms. The Hall–Kier alpha value is -1.36. The molecule has 1 saturated heterocycles. The highest BCUT2D eigenvalue weighted by Gasteiger charge is 2.35. The maximum Gasteiger partial charge on any atom is 0.231 e. The van der Waals surface area contributed by atoms with E-state index in [0.717, 1.165) is 31.7 Å². The van der Waals surface area contributed by atoms with Crippen LogP contribution in [0, 0.1) is 11.8 Å². The minimum absolute atomic E-state index is 0.0587. The van der Waals surface area contributed by atoms with Crippen molar-refractivity contribution in [1.82, 2.24) is 5.16 Å². The van der Waals surface area contributed by atoms with Crippen molar-refractivity contribution >= 4 is 11.8 Å². The van der Waals surface area contributed by atoms with Gasteiger partial charge in [-0.1, -0.05) is 32.9 Å². The number of rotatable bonds is 4. The van der Waals surface area contributed by atoms with Crippen molar-refractivity contribution in [2.45, 2.75) is 46.0 Å². The number of hydrogen-bond acceptors (Lipinski definition) is 4. The van der Waals surface area contributed by atoms with Crippen LogP contribution in [0.3, 0.4) is 0 Å². The average molecular weight is 280 g/mol. The van der Waals surface area contributed by atoms with Gasteiger partial charge in [-0.2, -0.15) is 0 Å². The monoisotopic (exact) mass is 280 g/mol. The highest BCUT2D eigenvalue weighted by Crippen LogP contribution is 2.37. The third-order valence-corrected chi connectivity index (χ3v) is 4.18. The lowest BCUT2D eigenvalue weighted by atomic mass is 9.72. The molecule has 0 saturated carbocycles. The predicted octanol–water partition coefficient (Wildman–Crippen LogP) is 2.97. The van der Waals surface area contributed by atoms with Crippen molar-refractivity contribution in [1.29, 1.82) is 0 Å². The lowest BCUT2D eigenvalue weighted by molar-refractivity contribution is -0.119. The van der Waals surface area contributed by atoms with Crippen molar-refractivity contribution < 1.29 is 14.1 Å². The minimum atomic E-state index is -0.0768. The summed E-state index contributed by atoms with van der Waals surface area (Å²) in [4.78, 5) is 11.7. The summed E-state index contributed by atoms with van der Waals surface area (Å²) in [6.07, 6.45) is 2.07. The molecule has 1 aliphatic rings. The van der Waals surface area contributed by atoms with Crippen LogP contribution >= 0.6 is 0 Å². The molecule has 1 N–H and O–H groups in total. The number of aromatic nitrogens is 1. The summed E-state index contributed by atoms with van der Waals surface area (Å²) in [5.74, 6) is 0.817. The van der Waals surface area contributed by atoms with E-state index in [4.69, 9.17) is 9.26 Å². The Bertz CT molecular complexity index is 459. The van der Waals surface area contributed by atoms with Crippen molar-refractivity contribution in [3.63, 3.8) is 0 Å². The number of anilines is 1. The van der Waals surface area contributed by atoms with Gasteiger partial charge in [-0.05, 0) is 18.8 Å². The molecule has 2 rings (SSSR count). The van der Waals surface area contributed by atoms with E-state index in [-0.39, 0.29) is 17.2 Å². The maximum atomic E-state index is 11.7. The first-order chi connectivity index (χ1) is 9.41. The van der Waals surface area contributed by atoms with Crippen LogP contribution in [-0.4, -0.2) is 24.3 Å². The van der Waals surface area contributed by atoms with E-state index in [2.05, 4.69) is 24.3 Å². The van der Waals surface area contributed by atoms with E-state index in [0.29, 0.717) is 11.8 Å². The first kappa shape index (κ1) is 15.0. The number of carbonyl (C=O) groups excluding carboxylic acids is 1. The third kappa shape index (κ3) is 3.20. The Labute approximate surface area is 120 Å². The van der Waals surface area contributed by atoms with Gasteiger partial charge in [0.05, 0.1) is 5.69 Å². The maximum absolute atomic E-state index is 11.7. The number of ether oxygens (including phenoxy) is 1. The number of carbonyl (C=O) groups is 1. The summed E-state index contributed by atoms with van der Waals surface area (Å²) in [5, 5.41) is 6.89. The zero-order chi connectivity index (χ0) is 14.8. The number of nitrogens with one attached hydrogen (secondary N) is 1. The number of amides is 1. The van der Waals surface area contributed by atoms with E-state index in [1.54, 1.807) is 0 Å². The SMILES string of the molecule is CC(C)C(=O)Nc1cc(C(C)(C)C2CCOCC2)no1. The molecular formula is C15H24N2O3. The molecule has 5 nitrogen and oxygen atoms in total. The van der Waals surface area contributed by atoms with Crippen LogP contribution in [0.2, 0.25) is 0 Å². The molecule has 20 heavy (non-hydrogen) atoms. The molecule has 5 heteroatoms. The fourth-order valence-corrected chi connectivity index (χ4v) is 2.53. The molecule has 1 aromatic heterocycles. The molecular weight excluding hydrogens is 256 g/mol. The van der Waals surface area contributed by atoms with Crippen LogP contribution < -0.4 is 5.32 Å². The zero-order valence-corrected chi connectivity index (χ0v) is 12.7. The summed E-state index contributed by atoms with van der Waals surface area (Å²) in [5.41, 5.74) is 0.817. The van der Waals surface area contributed by atoms with Crippen molar-refractivity contribution in [3.05, 3.63) is 11.8 Å². The van der Waals surface area contributed by atoms with Gasteiger partial charge in [-0.25, -0.2) is 0 Å². The fraction of sp³-hybridized carbons (Fsp3) is 0.733. The summed E-state index contributed by atoms with van der Waals surface area (Å²) < 4.78 is 10.7. The van der Waals surface area contributed by atoms with Crippen LogP contribution in [0.25, 0.3) is 0 Å².